The maximum atomic E-state index is 11.9. The summed E-state index contributed by atoms with van der Waals surface area (Å²) in [5.74, 6) is 1.11. The normalized spacial score (nSPS) is 15.1. The van der Waals surface area contributed by atoms with Gasteiger partial charge in [0.25, 0.3) is 0 Å². The molecule has 0 aliphatic carbocycles. The highest BCUT2D eigenvalue weighted by Crippen LogP contribution is 2.11. The number of nitrogens with one attached hydrogen (secondary N) is 1. The third kappa shape index (κ3) is 7.37. The Hall–Kier alpha value is -0.570. The van der Waals surface area contributed by atoms with Crippen LogP contribution in [0.25, 0.3) is 0 Å². The monoisotopic (exact) mass is 242 g/mol. The molecule has 0 aromatic carbocycles. The molecule has 3 nitrogen and oxygen atoms in total. The predicted octanol–water partition coefficient (Wildman–Crippen LogP) is 2.55. The maximum absolute atomic E-state index is 11.9. The summed E-state index contributed by atoms with van der Waals surface area (Å²) >= 11 is 0. The molecule has 1 amide bonds. The fraction of sp³-hybridized carbons (Fsp3) is 0.929. The highest BCUT2D eigenvalue weighted by molar-refractivity contribution is 5.79. The number of hydrogen-bond acceptors (Lipinski definition) is 2. The quantitative estimate of drug-likeness (QED) is 0.687. The molecule has 0 bridgehead atoms. The SMILES string of the molecule is CC(C)CCCC(C)NC(=O)C(CN)C(C)C. The van der Waals surface area contributed by atoms with Gasteiger partial charge in [0, 0.05) is 12.6 Å². The molecular weight excluding hydrogens is 212 g/mol. The van der Waals surface area contributed by atoms with Gasteiger partial charge in [-0.05, 0) is 25.2 Å². The average Bonchev–Trinajstić information content (AvgIpc) is 2.16. The third-order valence-corrected chi connectivity index (χ3v) is 3.20. The second-order valence-electron chi connectivity index (χ2n) is 5.82. The molecule has 3 heteroatoms. The number of carbonyl (C=O) groups is 1. The van der Waals surface area contributed by atoms with Crippen LogP contribution in [0, 0.1) is 17.8 Å². The van der Waals surface area contributed by atoms with E-state index in [1.165, 1.54) is 12.8 Å². The number of carbonyl (C=O) groups excluding carboxylic acids is 1. The van der Waals surface area contributed by atoms with Gasteiger partial charge in [0.05, 0.1) is 5.92 Å². The molecule has 0 radical (unpaired) electrons. The lowest BCUT2D eigenvalue weighted by molar-refractivity contribution is -0.126. The first-order chi connectivity index (χ1) is 7.88. The first-order valence-corrected chi connectivity index (χ1v) is 6.88. The van der Waals surface area contributed by atoms with Crippen LogP contribution in [0.15, 0.2) is 0 Å². The van der Waals surface area contributed by atoms with Gasteiger partial charge in [-0.3, -0.25) is 4.79 Å². The number of amides is 1. The van der Waals surface area contributed by atoms with Gasteiger partial charge >= 0.3 is 0 Å². The minimum atomic E-state index is -0.0532. The van der Waals surface area contributed by atoms with Crippen LogP contribution in [0.1, 0.15) is 53.9 Å². The molecule has 0 fully saturated rings. The minimum absolute atomic E-state index is 0.0532. The van der Waals surface area contributed by atoms with E-state index in [0.29, 0.717) is 12.5 Å². The Morgan fingerprint density at radius 1 is 1.12 bits per heavy atom. The Balaban J connectivity index is 3.93. The number of rotatable bonds is 8. The zero-order valence-electron chi connectivity index (χ0n) is 12.1. The molecule has 0 aliphatic rings. The molecule has 0 saturated carbocycles. The van der Waals surface area contributed by atoms with Gasteiger partial charge in [-0.1, -0.05) is 40.5 Å². The van der Waals surface area contributed by atoms with Crippen molar-refractivity contribution in [3.8, 4) is 0 Å². The first-order valence-electron chi connectivity index (χ1n) is 6.88. The van der Waals surface area contributed by atoms with Gasteiger partial charge in [0.15, 0.2) is 0 Å². The molecule has 2 unspecified atom stereocenters. The summed E-state index contributed by atoms with van der Waals surface area (Å²) in [7, 11) is 0. The molecule has 2 atom stereocenters. The Bertz CT molecular complexity index is 214. The fourth-order valence-corrected chi connectivity index (χ4v) is 1.94. The molecule has 0 aromatic heterocycles. The molecular formula is C14H30N2O. The Kier molecular flexibility index (Phi) is 8.23. The molecule has 0 aromatic rings. The Labute approximate surface area is 107 Å². The Morgan fingerprint density at radius 3 is 2.12 bits per heavy atom. The van der Waals surface area contributed by atoms with Crippen molar-refractivity contribution < 1.29 is 4.79 Å². The molecule has 0 aliphatic heterocycles. The molecule has 0 saturated heterocycles. The Morgan fingerprint density at radius 2 is 1.71 bits per heavy atom. The minimum Gasteiger partial charge on any atom is -0.353 e. The summed E-state index contributed by atoms with van der Waals surface area (Å²) < 4.78 is 0. The second-order valence-corrected chi connectivity index (χ2v) is 5.82. The van der Waals surface area contributed by atoms with Crippen molar-refractivity contribution in [1.29, 1.82) is 0 Å². The van der Waals surface area contributed by atoms with E-state index in [1.54, 1.807) is 0 Å². The van der Waals surface area contributed by atoms with E-state index >= 15 is 0 Å². The van der Waals surface area contributed by atoms with E-state index in [4.69, 9.17) is 5.73 Å². The highest BCUT2D eigenvalue weighted by atomic mass is 16.1. The van der Waals surface area contributed by atoms with Gasteiger partial charge in [0.1, 0.15) is 0 Å². The standard InChI is InChI=1S/C14H30N2O/c1-10(2)7-6-8-12(5)16-14(17)13(9-15)11(3)4/h10-13H,6-9,15H2,1-5H3,(H,16,17). The van der Waals surface area contributed by atoms with Crippen LogP contribution in [-0.2, 0) is 4.79 Å². The molecule has 3 N–H and O–H groups in total. The van der Waals surface area contributed by atoms with Crippen LogP contribution < -0.4 is 11.1 Å². The van der Waals surface area contributed by atoms with Crippen LogP contribution in [0.5, 0.6) is 0 Å². The van der Waals surface area contributed by atoms with Crippen molar-refractivity contribution in [2.75, 3.05) is 6.54 Å². The number of nitrogens with two attached hydrogens (primary N) is 1. The summed E-state index contributed by atoms with van der Waals surface area (Å²) in [4.78, 5) is 11.9. The van der Waals surface area contributed by atoms with Crippen molar-refractivity contribution in [3.05, 3.63) is 0 Å². The zero-order valence-corrected chi connectivity index (χ0v) is 12.1. The van der Waals surface area contributed by atoms with Crippen molar-refractivity contribution in [2.24, 2.45) is 23.5 Å². The lowest BCUT2D eigenvalue weighted by Crippen LogP contribution is -2.42. The van der Waals surface area contributed by atoms with E-state index in [1.807, 2.05) is 13.8 Å². The smallest absolute Gasteiger partial charge is 0.224 e. The van der Waals surface area contributed by atoms with Crippen LogP contribution in [0.4, 0.5) is 0 Å². The summed E-state index contributed by atoms with van der Waals surface area (Å²) in [6.45, 7) is 11.0. The van der Waals surface area contributed by atoms with E-state index in [9.17, 15) is 4.79 Å². The lowest BCUT2D eigenvalue weighted by atomic mass is 9.94. The fourth-order valence-electron chi connectivity index (χ4n) is 1.94. The predicted molar refractivity (Wildman–Crippen MR) is 73.7 cm³/mol. The summed E-state index contributed by atoms with van der Waals surface area (Å²) in [5.41, 5.74) is 5.63. The maximum Gasteiger partial charge on any atom is 0.224 e. The number of hydrogen-bond donors (Lipinski definition) is 2. The van der Waals surface area contributed by atoms with E-state index in [-0.39, 0.29) is 17.9 Å². The molecule has 0 spiro atoms. The highest BCUT2D eigenvalue weighted by Gasteiger charge is 2.21. The zero-order chi connectivity index (χ0) is 13.4. The van der Waals surface area contributed by atoms with Gasteiger partial charge in [-0.2, -0.15) is 0 Å². The van der Waals surface area contributed by atoms with Crippen molar-refractivity contribution in [3.63, 3.8) is 0 Å². The molecule has 17 heavy (non-hydrogen) atoms. The topological polar surface area (TPSA) is 55.1 Å². The van der Waals surface area contributed by atoms with Crippen LogP contribution in [0.3, 0.4) is 0 Å². The van der Waals surface area contributed by atoms with Crippen molar-refractivity contribution in [2.45, 2.75) is 59.9 Å². The first kappa shape index (κ1) is 16.4. The third-order valence-electron chi connectivity index (χ3n) is 3.20. The van der Waals surface area contributed by atoms with Crippen LogP contribution in [-0.4, -0.2) is 18.5 Å². The second kappa shape index (κ2) is 8.51. The van der Waals surface area contributed by atoms with Gasteiger partial charge in [-0.15, -0.1) is 0 Å². The van der Waals surface area contributed by atoms with Crippen LogP contribution >= 0.6 is 0 Å². The largest absolute Gasteiger partial charge is 0.353 e. The molecule has 0 rings (SSSR count). The molecule has 0 heterocycles. The van der Waals surface area contributed by atoms with Gasteiger partial charge in [-0.25, -0.2) is 0 Å². The average molecular weight is 242 g/mol. The lowest BCUT2D eigenvalue weighted by Gasteiger charge is -2.21. The summed E-state index contributed by atoms with van der Waals surface area (Å²) in [6.07, 6.45) is 3.46. The van der Waals surface area contributed by atoms with E-state index < -0.39 is 0 Å². The van der Waals surface area contributed by atoms with Crippen molar-refractivity contribution in [1.82, 2.24) is 5.32 Å². The molecule has 102 valence electrons. The van der Waals surface area contributed by atoms with E-state index in [0.717, 1.165) is 12.3 Å². The van der Waals surface area contributed by atoms with Gasteiger partial charge < -0.3 is 11.1 Å². The van der Waals surface area contributed by atoms with Crippen molar-refractivity contribution >= 4 is 5.91 Å². The van der Waals surface area contributed by atoms with Gasteiger partial charge in [0.2, 0.25) is 5.91 Å². The summed E-state index contributed by atoms with van der Waals surface area (Å²) in [6, 6.07) is 0.258. The summed E-state index contributed by atoms with van der Waals surface area (Å²) in [5, 5.41) is 3.07. The van der Waals surface area contributed by atoms with E-state index in [2.05, 4.69) is 26.1 Å². The van der Waals surface area contributed by atoms with Crippen LogP contribution in [0.2, 0.25) is 0 Å².